The van der Waals surface area contributed by atoms with Crippen molar-refractivity contribution in [2.75, 3.05) is 26.7 Å². The minimum absolute atomic E-state index is 0.734. The zero-order valence-corrected chi connectivity index (χ0v) is 13.6. The van der Waals surface area contributed by atoms with Crippen LogP contribution in [-0.4, -0.2) is 60.6 Å². The third kappa shape index (κ3) is 2.90. The Hall–Kier alpha value is -0.120. The van der Waals surface area contributed by atoms with Crippen LogP contribution >= 0.6 is 0 Å². The summed E-state index contributed by atoms with van der Waals surface area (Å²) in [6, 6.07) is 3.20. The van der Waals surface area contributed by atoms with Crippen molar-refractivity contribution in [3.63, 3.8) is 0 Å². The molecule has 3 heteroatoms. The van der Waals surface area contributed by atoms with Crippen molar-refractivity contribution in [1.82, 2.24) is 15.1 Å². The van der Waals surface area contributed by atoms with Crippen LogP contribution in [0.1, 0.15) is 52.4 Å². The number of likely N-dealkylation sites (tertiary alicyclic amines) is 1. The Labute approximate surface area is 125 Å². The van der Waals surface area contributed by atoms with Crippen molar-refractivity contribution in [3.8, 4) is 0 Å². The molecule has 116 valence electrons. The second-order valence-electron chi connectivity index (χ2n) is 7.48. The molecule has 5 atom stereocenters. The molecule has 0 aromatic rings. The van der Waals surface area contributed by atoms with Gasteiger partial charge in [-0.05, 0) is 58.0 Å². The van der Waals surface area contributed by atoms with Crippen LogP contribution in [-0.2, 0) is 0 Å². The molecular formula is C17H33N3. The molecule has 2 bridgehead atoms. The Morgan fingerprint density at radius 3 is 2.65 bits per heavy atom. The molecule has 0 radical (unpaired) electrons. The van der Waals surface area contributed by atoms with Gasteiger partial charge in [0.2, 0.25) is 0 Å². The predicted molar refractivity (Wildman–Crippen MR) is 85.0 cm³/mol. The summed E-state index contributed by atoms with van der Waals surface area (Å²) in [5, 5.41) is 3.77. The molecule has 1 N–H and O–H groups in total. The lowest BCUT2D eigenvalue weighted by molar-refractivity contribution is 0.0921. The SMILES string of the molecule is CCNC1CCC(C)CC1N1CCC2CCC(C1)N2C. The molecule has 2 heterocycles. The van der Waals surface area contributed by atoms with Crippen LogP contribution in [0.4, 0.5) is 0 Å². The monoisotopic (exact) mass is 279 g/mol. The highest BCUT2D eigenvalue weighted by Crippen LogP contribution is 2.33. The highest BCUT2D eigenvalue weighted by molar-refractivity contribution is 4.97. The first kappa shape index (κ1) is 14.8. The maximum atomic E-state index is 3.77. The molecule has 0 aromatic heterocycles. The molecule has 3 aliphatic rings. The molecule has 5 unspecified atom stereocenters. The minimum Gasteiger partial charge on any atom is -0.313 e. The standard InChI is InChI=1S/C17H33N3/c1-4-18-16-8-5-13(2)11-17(16)20-10-9-14-6-7-15(12-20)19(14)3/h13-18H,4-12H2,1-3H3. The lowest BCUT2D eigenvalue weighted by atomic mass is 9.82. The van der Waals surface area contributed by atoms with Crippen LogP contribution in [0.25, 0.3) is 0 Å². The predicted octanol–water partition coefficient (Wildman–Crippen LogP) is 2.32. The number of nitrogens with one attached hydrogen (secondary N) is 1. The molecule has 0 aromatic carbocycles. The fraction of sp³-hybridized carbons (Fsp3) is 1.00. The van der Waals surface area contributed by atoms with E-state index in [2.05, 4.69) is 36.0 Å². The largest absolute Gasteiger partial charge is 0.313 e. The molecule has 0 spiro atoms. The molecule has 1 aliphatic carbocycles. The first-order valence-corrected chi connectivity index (χ1v) is 8.88. The van der Waals surface area contributed by atoms with Gasteiger partial charge in [-0.3, -0.25) is 9.80 Å². The van der Waals surface area contributed by atoms with Crippen LogP contribution in [0.2, 0.25) is 0 Å². The highest BCUT2D eigenvalue weighted by Gasteiger charge is 2.39. The van der Waals surface area contributed by atoms with Crippen molar-refractivity contribution in [2.45, 2.75) is 76.5 Å². The van der Waals surface area contributed by atoms with E-state index in [0.29, 0.717) is 0 Å². The van der Waals surface area contributed by atoms with Gasteiger partial charge in [0.1, 0.15) is 0 Å². The zero-order chi connectivity index (χ0) is 14.1. The number of nitrogens with zero attached hydrogens (tertiary/aromatic N) is 2. The lowest BCUT2D eigenvalue weighted by Gasteiger charge is -2.43. The Bertz CT molecular complexity index is 319. The van der Waals surface area contributed by atoms with Gasteiger partial charge in [-0.2, -0.15) is 0 Å². The van der Waals surface area contributed by atoms with Gasteiger partial charge in [0.05, 0.1) is 0 Å². The molecule has 2 saturated heterocycles. The summed E-state index contributed by atoms with van der Waals surface area (Å²) in [4.78, 5) is 5.53. The van der Waals surface area contributed by atoms with E-state index in [1.807, 2.05) is 0 Å². The molecule has 3 rings (SSSR count). The van der Waals surface area contributed by atoms with E-state index in [-0.39, 0.29) is 0 Å². The van der Waals surface area contributed by atoms with E-state index in [1.165, 1.54) is 51.6 Å². The van der Waals surface area contributed by atoms with E-state index < -0.39 is 0 Å². The highest BCUT2D eigenvalue weighted by atomic mass is 15.3. The summed E-state index contributed by atoms with van der Waals surface area (Å²) in [5.41, 5.74) is 0. The van der Waals surface area contributed by atoms with Crippen LogP contribution in [0.15, 0.2) is 0 Å². The van der Waals surface area contributed by atoms with Gasteiger partial charge in [0, 0.05) is 37.3 Å². The summed E-state index contributed by atoms with van der Waals surface area (Å²) < 4.78 is 0. The molecule has 3 nitrogen and oxygen atoms in total. The maximum absolute atomic E-state index is 3.77. The average molecular weight is 279 g/mol. The lowest BCUT2D eigenvalue weighted by Crippen LogP contribution is -2.54. The zero-order valence-electron chi connectivity index (χ0n) is 13.6. The van der Waals surface area contributed by atoms with Crippen molar-refractivity contribution in [3.05, 3.63) is 0 Å². The van der Waals surface area contributed by atoms with Gasteiger partial charge in [-0.15, -0.1) is 0 Å². The van der Waals surface area contributed by atoms with Gasteiger partial charge in [-0.25, -0.2) is 0 Å². The Balaban J connectivity index is 1.69. The number of likely N-dealkylation sites (N-methyl/N-ethyl adjacent to an activating group) is 2. The van der Waals surface area contributed by atoms with Crippen LogP contribution < -0.4 is 5.32 Å². The molecule has 20 heavy (non-hydrogen) atoms. The fourth-order valence-corrected chi connectivity index (χ4v) is 4.89. The van der Waals surface area contributed by atoms with Gasteiger partial charge >= 0.3 is 0 Å². The van der Waals surface area contributed by atoms with E-state index in [4.69, 9.17) is 0 Å². The van der Waals surface area contributed by atoms with E-state index >= 15 is 0 Å². The summed E-state index contributed by atoms with van der Waals surface area (Å²) >= 11 is 0. The summed E-state index contributed by atoms with van der Waals surface area (Å²) in [6.45, 7) is 8.46. The van der Waals surface area contributed by atoms with Gasteiger partial charge in [0.25, 0.3) is 0 Å². The first-order chi connectivity index (χ1) is 9.69. The molecular weight excluding hydrogens is 246 g/mol. The van der Waals surface area contributed by atoms with Crippen molar-refractivity contribution >= 4 is 0 Å². The van der Waals surface area contributed by atoms with Crippen LogP contribution in [0.3, 0.4) is 0 Å². The number of hydrogen-bond acceptors (Lipinski definition) is 3. The Morgan fingerprint density at radius 1 is 1.05 bits per heavy atom. The van der Waals surface area contributed by atoms with Crippen molar-refractivity contribution in [2.24, 2.45) is 5.92 Å². The number of rotatable bonds is 3. The van der Waals surface area contributed by atoms with Crippen molar-refractivity contribution < 1.29 is 0 Å². The molecule has 0 amide bonds. The number of fused-ring (bicyclic) bond motifs is 2. The summed E-state index contributed by atoms with van der Waals surface area (Å²) in [6.07, 6.45) is 8.43. The Morgan fingerprint density at radius 2 is 1.85 bits per heavy atom. The van der Waals surface area contributed by atoms with E-state index in [0.717, 1.165) is 36.6 Å². The summed E-state index contributed by atoms with van der Waals surface area (Å²) in [7, 11) is 2.36. The quantitative estimate of drug-likeness (QED) is 0.855. The van der Waals surface area contributed by atoms with Gasteiger partial charge in [0.15, 0.2) is 0 Å². The summed E-state index contributed by atoms with van der Waals surface area (Å²) in [5.74, 6) is 0.910. The Kier molecular flexibility index (Phi) is 4.68. The second-order valence-corrected chi connectivity index (χ2v) is 7.48. The second kappa shape index (κ2) is 6.33. The maximum Gasteiger partial charge on any atom is 0.0252 e. The third-order valence-electron chi connectivity index (χ3n) is 6.19. The van der Waals surface area contributed by atoms with Crippen molar-refractivity contribution in [1.29, 1.82) is 0 Å². The van der Waals surface area contributed by atoms with Gasteiger partial charge < -0.3 is 5.32 Å². The molecule has 2 aliphatic heterocycles. The van der Waals surface area contributed by atoms with E-state index in [1.54, 1.807) is 0 Å². The fourth-order valence-electron chi connectivity index (χ4n) is 4.89. The molecule has 3 fully saturated rings. The van der Waals surface area contributed by atoms with Crippen LogP contribution in [0, 0.1) is 5.92 Å². The smallest absolute Gasteiger partial charge is 0.0252 e. The van der Waals surface area contributed by atoms with E-state index in [9.17, 15) is 0 Å². The molecule has 1 saturated carbocycles. The average Bonchev–Trinajstić information content (AvgIpc) is 2.66. The normalized spacial score (nSPS) is 43.6. The third-order valence-corrected chi connectivity index (χ3v) is 6.19. The van der Waals surface area contributed by atoms with Crippen LogP contribution in [0.5, 0.6) is 0 Å². The topological polar surface area (TPSA) is 18.5 Å². The first-order valence-electron chi connectivity index (χ1n) is 8.88. The van der Waals surface area contributed by atoms with Gasteiger partial charge in [-0.1, -0.05) is 13.8 Å². The number of hydrogen-bond donors (Lipinski definition) is 1. The minimum atomic E-state index is 0.734.